The summed E-state index contributed by atoms with van der Waals surface area (Å²) in [5.41, 5.74) is 0. The molecule has 2 aliphatic heterocycles. The molecule has 0 spiro atoms. The molecule has 2 fully saturated rings. The Labute approximate surface area is 128 Å². The lowest BCUT2D eigenvalue weighted by Gasteiger charge is -2.30. The predicted molar refractivity (Wildman–Crippen MR) is 86.9 cm³/mol. The molecule has 0 bridgehead atoms. The Morgan fingerprint density at radius 2 is 2.20 bits per heavy atom. The summed E-state index contributed by atoms with van der Waals surface area (Å²) in [4.78, 5) is 14.8. The first kappa shape index (κ1) is 16.2. The summed E-state index contributed by atoms with van der Waals surface area (Å²) in [7, 11) is 0. The summed E-state index contributed by atoms with van der Waals surface area (Å²) in [6, 6.07) is 0.0557. The molecule has 0 aromatic heterocycles. The second-order valence-corrected chi connectivity index (χ2v) is 8.04. The SMILES string of the molecule is CCCC1NC(CC(C)C)C(=O)N1CC1CCCCS1. The molecule has 3 nitrogen and oxygen atoms in total. The maximum Gasteiger partial charge on any atom is 0.241 e. The third-order valence-corrected chi connectivity index (χ3v) is 5.68. The Balaban J connectivity index is 1.96. The van der Waals surface area contributed by atoms with E-state index in [1.165, 1.54) is 25.0 Å². The van der Waals surface area contributed by atoms with Crippen molar-refractivity contribution in [1.82, 2.24) is 10.2 Å². The van der Waals surface area contributed by atoms with E-state index in [-0.39, 0.29) is 12.2 Å². The third kappa shape index (κ3) is 4.14. The maximum atomic E-state index is 12.7. The van der Waals surface area contributed by atoms with Crippen molar-refractivity contribution < 1.29 is 4.79 Å². The summed E-state index contributed by atoms with van der Waals surface area (Å²) in [5, 5.41) is 4.24. The van der Waals surface area contributed by atoms with Gasteiger partial charge in [-0.05, 0) is 37.4 Å². The van der Waals surface area contributed by atoms with E-state index in [4.69, 9.17) is 0 Å². The Hall–Kier alpha value is -0.220. The van der Waals surface area contributed by atoms with Crippen molar-refractivity contribution in [3.63, 3.8) is 0 Å². The van der Waals surface area contributed by atoms with Gasteiger partial charge in [0.25, 0.3) is 0 Å². The Morgan fingerprint density at radius 3 is 2.80 bits per heavy atom. The molecular formula is C16H30N2OS. The minimum Gasteiger partial charge on any atom is -0.325 e. The fourth-order valence-corrected chi connectivity index (χ4v) is 4.59. The first-order valence-corrected chi connectivity index (χ1v) is 9.34. The Bertz CT molecular complexity index is 316. The van der Waals surface area contributed by atoms with E-state index in [0.29, 0.717) is 17.1 Å². The standard InChI is InChI=1S/C16H30N2OS/c1-4-7-15-17-14(10-12(2)3)16(19)18(15)11-13-8-5-6-9-20-13/h12-15,17H,4-11H2,1-3H3. The zero-order valence-electron chi connectivity index (χ0n) is 13.2. The molecule has 0 radical (unpaired) electrons. The molecule has 0 aromatic carbocycles. The highest BCUT2D eigenvalue weighted by atomic mass is 32.2. The number of rotatable bonds is 6. The maximum absolute atomic E-state index is 12.7. The van der Waals surface area contributed by atoms with Crippen molar-refractivity contribution in [2.75, 3.05) is 12.3 Å². The molecule has 3 atom stereocenters. The molecule has 20 heavy (non-hydrogen) atoms. The highest BCUT2D eigenvalue weighted by Gasteiger charge is 2.39. The van der Waals surface area contributed by atoms with Gasteiger partial charge in [-0.1, -0.05) is 33.6 Å². The van der Waals surface area contributed by atoms with Gasteiger partial charge in [-0.3, -0.25) is 10.1 Å². The Kier molecular flexibility index (Phi) is 6.21. The number of hydrogen-bond donors (Lipinski definition) is 1. The van der Waals surface area contributed by atoms with Gasteiger partial charge in [0.2, 0.25) is 5.91 Å². The number of amides is 1. The van der Waals surface area contributed by atoms with Crippen LogP contribution in [0.1, 0.15) is 59.3 Å². The molecule has 3 unspecified atom stereocenters. The van der Waals surface area contributed by atoms with E-state index in [2.05, 4.69) is 42.7 Å². The number of carbonyl (C=O) groups is 1. The normalized spacial score (nSPS) is 31.3. The van der Waals surface area contributed by atoms with E-state index in [1.807, 2.05) is 0 Å². The van der Waals surface area contributed by atoms with Crippen LogP contribution in [0.15, 0.2) is 0 Å². The predicted octanol–water partition coefficient (Wildman–Crippen LogP) is 3.24. The lowest BCUT2D eigenvalue weighted by atomic mass is 10.0. The highest BCUT2D eigenvalue weighted by molar-refractivity contribution is 7.99. The van der Waals surface area contributed by atoms with Gasteiger partial charge >= 0.3 is 0 Å². The van der Waals surface area contributed by atoms with Gasteiger partial charge in [-0.15, -0.1) is 0 Å². The van der Waals surface area contributed by atoms with Crippen LogP contribution in [0.5, 0.6) is 0 Å². The van der Waals surface area contributed by atoms with E-state index < -0.39 is 0 Å². The average Bonchev–Trinajstić information content (AvgIpc) is 2.69. The van der Waals surface area contributed by atoms with Gasteiger partial charge in [-0.2, -0.15) is 11.8 Å². The topological polar surface area (TPSA) is 32.3 Å². The van der Waals surface area contributed by atoms with Crippen LogP contribution in [-0.4, -0.2) is 40.6 Å². The van der Waals surface area contributed by atoms with E-state index >= 15 is 0 Å². The summed E-state index contributed by atoms with van der Waals surface area (Å²) < 4.78 is 0. The van der Waals surface area contributed by atoms with Crippen molar-refractivity contribution in [3.05, 3.63) is 0 Å². The van der Waals surface area contributed by atoms with Crippen molar-refractivity contribution in [2.24, 2.45) is 5.92 Å². The lowest BCUT2D eigenvalue weighted by molar-refractivity contribution is -0.130. The van der Waals surface area contributed by atoms with Gasteiger partial charge in [0, 0.05) is 11.8 Å². The van der Waals surface area contributed by atoms with Crippen molar-refractivity contribution in [1.29, 1.82) is 0 Å². The van der Waals surface area contributed by atoms with Gasteiger partial charge in [0.1, 0.15) is 0 Å². The van der Waals surface area contributed by atoms with E-state index in [1.54, 1.807) is 0 Å². The van der Waals surface area contributed by atoms with Gasteiger partial charge in [0.05, 0.1) is 12.2 Å². The largest absolute Gasteiger partial charge is 0.325 e. The van der Waals surface area contributed by atoms with Crippen LogP contribution < -0.4 is 5.32 Å². The Morgan fingerprint density at radius 1 is 1.40 bits per heavy atom. The van der Waals surface area contributed by atoms with Gasteiger partial charge in [0.15, 0.2) is 0 Å². The third-order valence-electron chi connectivity index (χ3n) is 4.29. The number of carbonyl (C=O) groups excluding carboxylic acids is 1. The average molecular weight is 298 g/mol. The molecule has 0 aliphatic carbocycles. The van der Waals surface area contributed by atoms with Gasteiger partial charge in [-0.25, -0.2) is 0 Å². The smallest absolute Gasteiger partial charge is 0.241 e. The molecule has 1 amide bonds. The quantitative estimate of drug-likeness (QED) is 0.817. The summed E-state index contributed by atoms with van der Waals surface area (Å²) in [6.45, 7) is 7.55. The fourth-order valence-electron chi connectivity index (χ4n) is 3.29. The first-order chi connectivity index (χ1) is 9.61. The summed E-state index contributed by atoms with van der Waals surface area (Å²) in [5.74, 6) is 2.19. The molecule has 2 heterocycles. The molecule has 1 N–H and O–H groups in total. The second-order valence-electron chi connectivity index (χ2n) is 6.63. The number of nitrogens with one attached hydrogen (secondary N) is 1. The number of nitrogens with zero attached hydrogens (tertiary/aromatic N) is 1. The minimum atomic E-state index is 0.0557. The van der Waals surface area contributed by atoms with Crippen molar-refractivity contribution in [2.45, 2.75) is 76.8 Å². The van der Waals surface area contributed by atoms with Crippen LogP contribution >= 0.6 is 11.8 Å². The molecule has 2 saturated heterocycles. The molecule has 116 valence electrons. The van der Waals surface area contributed by atoms with Crippen LogP contribution in [0.4, 0.5) is 0 Å². The van der Waals surface area contributed by atoms with Gasteiger partial charge < -0.3 is 4.90 Å². The molecule has 2 rings (SSSR count). The minimum absolute atomic E-state index is 0.0557. The lowest BCUT2D eigenvalue weighted by Crippen LogP contribution is -2.41. The van der Waals surface area contributed by atoms with Crippen LogP contribution in [-0.2, 0) is 4.79 Å². The van der Waals surface area contributed by atoms with Crippen LogP contribution in [0.25, 0.3) is 0 Å². The highest BCUT2D eigenvalue weighted by Crippen LogP contribution is 2.28. The number of hydrogen-bond acceptors (Lipinski definition) is 3. The zero-order chi connectivity index (χ0) is 14.5. The monoisotopic (exact) mass is 298 g/mol. The number of thioether (sulfide) groups is 1. The summed E-state index contributed by atoms with van der Waals surface area (Å²) in [6.07, 6.45) is 7.42. The van der Waals surface area contributed by atoms with Crippen molar-refractivity contribution >= 4 is 17.7 Å². The van der Waals surface area contributed by atoms with Crippen LogP contribution in [0.3, 0.4) is 0 Å². The zero-order valence-corrected chi connectivity index (χ0v) is 14.0. The van der Waals surface area contributed by atoms with Crippen molar-refractivity contribution in [3.8, 4) is 0 Å². The molecular weight excluding hydrogens is 268 g/mol. The molecule has 0 aromatic rings. The van der Waals surface area contributed by atoms with E-state index in [0.717, 1.165) is 25.8 Å². The second kappa shape index (κ2) is 7.69. The van der Waals surface area contributed by atoms with Crippen LogP contribution in [0, 0.1) is 5.92 Å². The molecule has 4 heteroatoms. The summed E-state index contributed by atoms with van der Waals surface area (Å²) >= 11 is 2.07. The van der Waals surface area contributed by atoms with E-state index in [9.17, 15) is 4.79 Å². The van der Waals surface area contributed by atoms with Crippen LogP contribution in [0.2, 0.25) is 0 Å². The fraction of sp³-hybridized carbons (Fsp3) is 0.938. The molecule has 2 aliphatic rings. The first-order valence-electron chi connectivity index (χ1n) is 8.30. The molecule has 0 saturated carbocycles.